The minimum atomic E-state index is 0.608. The van der Waals surface area contributed by atoms with Crippen LogP contribution < -0.4 is 5.32 Å². The minimum absolute atomic E-state index is 0.608. The number of imidazole rings is 1. The highest BCUT2D eigenvalue weighted by Crippen LogP contribution is 2.35. The van der Waals surface area contributed by atoms with E-state index in [-0.39, 0.29) is 0 Å². The van der Waals surface area contributed by atoms with E-state index in [1.165, 1.54) is 37.8 Å². The van der Waals surface area contributed by atoms with Gasteiger partial charge in [0.15, 0.2) is 0 Å². The van der Waals surface area contributed by atoms with E-state index in [9.17, 15) is 0 Å². The second-order valence-electron chi connectivity index (χ2n) is 5.09. The van der Waals surface area contributed by atoms with Crippen molar-refractivity contribution >= 4 is 0 Å². The van der Waals surface area contributed by atoms with E-state index in [1.54, 1.807) is 0 Å². The van der Waals surface area contributed by atoms with Crippen molar-refractivity contribution in [1.29, 1.82) is 0 Å². The second kappa shape index (κ2) is 5.48. The van der Waals surface area contributed by atoms with Crippen molar-refractivity contribution in [2.24, 2.45) is 0 Å². The molecule has 1 aliphatic carbocycles. The summed E-state index contributed by atoms with van der Waals surface area (Å²) in [5, 5.41) is 3.45. The Hall–Kier alpha value is -0.830. The van der Waals surface area contributed by atoms with Gasteiger partial charge in [-0.1, -0.05) is 13.8 Å². The fourth-order valence-corrected chi connectivity index (χ4v) is 2.03. The molecule has 90 valence electrons. The summed E-state index contributed by atoms with van der Waals surface area (Å²) in [5.74, 6) is 0. The Morgan fingerprint density at radius 2 is 2.25 bits per heavy atom. The van der Waals surface area contributed by atoms with Crippen molar-refractivity contribution in [2.75, 3.05) is 6.54 Å². The summed E-state index contributed by atoms with van der Waals surface area (Å²) < 4.78 is 2.37. The van der Waals surface area contributed by atoms with E-state index < -0.39 is 0 Å². The average molecular weight is 221 g/mol. The summed E-state index contributed by atoms with van der Waals surface area (Å²) in [7, 11) is 0. The van der Waals surface area contributed by atoms with Gasteiger partial charge in [0.2, 0.25) is 0 Å². The van der Waals surface area contributed by atoms with Crippen LogP contribution in [0.5, 0.6) is 0 Å². The van der Waals surface area contributed by atoms with Gasteiger partial charge in [-0.25, -0.2) is 4.98 Å². The van der Waals surface area contributed by atoms with Crippen LogP contribution in [0, 0.1) is 0 Å². The van der Waals surface area contributed by atoms with Crippen molar-refractivity contribution in [2.45, 2.75) is 58.0 Å². The second-order valence-corrected chi connectivity index (χ2v) is 5.09. The zero-order valence-electron chi connectivity index (χ0n) is 10.4. The molecule has 0 bridgehead atoms. The largest absolute Gasteiger partial charge is 0.332 e. The predicted molar refractivity (Wildman–Crippen MR) is 66.6 cm³/mol. The maximum atomic E-state index is 4.26. The molecule has 2 rings (SSSR count). The molecule has 1 aromatic heterocycles. The molecule has 0 aliphatic heterocycles. The molecule has 0 aromatic carbocycles. The number of nitrogens with zero attached hydrogens (tertiary/aromatic N) is 2. The molecule has 0 spiro atoms. The van der Waals surface area contributed by atoms with Crippen LogP contribution in [0.1, 0.15) is 51.3 Å². The Morgan fingerprint density at radius 3 is 2.94 bits per heavy atom. The van der Waals surface area contributed by atoms with E-state index in [0.29, 0.717) is 6.04 Å². The van der Waals surface area contributed by atoms with Crippen LogP contribution in [0.15, 0.2) is 12.5 Å². The summed E-state index contributed by atoms with van der Waals surface area (Å²) in [6.45, 7) is 5.53. The molecule has 1 aliphatic rings. The normalized spacial score (nSPS) is 15.9. The number of hydrogen-bond donors (Lipinski definition) is 1. The van der Waals surface area contributed by atoms with Gasteiger partial charge in [0.1, 0.15) is 0 Å². The van der Waals surface area contributed by atoms with Gasteiger partial charge in [0, 0.05) is 24.0 Å². The third-order valence-corrected chi connectivity index (χ3v) is 3.10. The molecule has 0 atom stereocenters. The molecule has 0 saturated heterocycles. The minimum Gasteiger partial charge on any atom is -0.332 e. The van der Waals surface area contributed by atoms with Crippen molar-refractivity contribution in [3.05, 3.63) is 18.2 Å². The molecule has 3 nitrogen and oxygen atoms in total. The zero-order valence-corrected chi connectivity index (χ0v) is 10.4. The molecule has 0 radical (unpaired) electrons. The van der Waals surface area contributed by atoms with Crippen molar-refractivity contribution in [3.63, 3.8) is 0 Å². The van der Waals surface area contributed by atoms with Crippen molar-refractivity contribution in [3.8, 4) is 0 Å². The van der Waals surface area contributed by atoms with E-state index >= 15 is 0 Å². The molecular weight excluding hydrogens is 198 g/mol. The average Bonchev–Trinajstić information content (AvgIpc) is 2.98. The molecule has 1 fully saturated rings. The molecule has 1 saturated carbocycles. The summed E-state index contributed by atoms with van der Waals surface area (Å²) in [6, 6.07) is 1.38. The van der Waals surface area contributed by atoms with Gasteiger partial charge in [-0.2, -0.15) is 0 Å². The summed E-state index contributed by atoms with van der Waals surface area (Å²) >= 11 is 0. The highest BCUT2D eigenvalue weighted by molar-refractivity contribution is 5.03. The Bertz CT molecular complexity index is 313. The molecule has 1 aromatic rings. The Morgan fingerprint density at radius 1 is 1.44 bits per heavy atom. The van der Waals surface area contributed by atoms with Crippen LogP contribution in [0.4, 0.5) is 0 Å². The third-order valence-electron chi connectivity index (χ3n) is 3.10. The van der Waals surface area contributed by atoms with E-state index in [2.05, 4.69) is 28.7 Å². The Balaban J connectivity index is 1.67. The van der Waals surface area contributed by atoms with Crippen LogP contribution in [0.25, 0.3) is 0 Å². The number of aromatic nitrogens is 2. The smallest absolute Gasteiger partial charge is 0.0950 e. The van der Waals surface area contributed by atoms with Gasteiger partial charge in [-0.05, 0) is 38.6 Å². The highest BCUT2D eigenvalue weighted by atomic mass is 15.1. The lowest BCUT2D eigenvalue weighted by molar-refractivity contribution is 0.551. The molecule has 3 heteroatoms. The van der Waals surface area contributed by atoms with Gasteiger partial charge < -0.3 is 9.88 Å². The number of unbranched alkanes of at least 4 members (excludes halogenated alkanes) is 1. The van der Waals surface area contributed by atoms with Crippen LogP contribution in [0.3, 0.4) is 0 Å². The van der Waals surface area contributed by atoms with E-state index in [1.807, 2.05) is 12.5 Å². The number of nitrogens with one attached hydrogen (secondary N) is 1. The fraction of sp³-hybridized carbons (Fsp3) is 0.769. The Kier molecular flexibility index (Phi) is 3.99. The lowest BCUT2D eigenvalue weighted by Gasteiger charge is -2.08. The lowest BCUT2D eigenvalue weighted by Crippen LogP contribution is -2.23. The molecule has 16 heavy (non-hydrogen) atoms. The van der Waals surface area contributed by atoms with Crippen LogP contribution in [-0.4, -0.2) is 22.1 Å². The van der Waals surface area contributed by atoms with Gasteiger partial charge in [-0.15, -0.1) is 0 Å². The van der Waals surface area contributed by atoms with Gasteiger partial charge in [0.25, 0.3) is 0 Å². The maximum absolute atomic E-state index is 4.26. The summed E-state index contributed by atoms with van der Waals surface area (Å²) in [5.41, 5.74) is 1.42. The standard InChI is InChI=1S/C13H23N3/c1-11(2)15-8-4-3-5-13-9-14-10-16(13)12-6-7-12/h9-12,15H,3-8H2,1-2H3. The first kappa shape index (κ1) is 11.6. The van der Waals surface area contributed by atoms with E-state index in [0.717, 1.165) is 12.6 Å². The van der Waals surface area contributed by atoms with Crippen molar-refractivity contribution in [1.82, 2.24) is 14.9 Å². The van der Waals surface area contributed by atoms with Crippen molar-refractivity contribution < 1.29 is 0 Å². The van der Waals surface area contributed by atoms with Gasteiger partial charge >= 0.3 is 0 Å². The SMILES string of the molecule is CC(C)NCCCCc1cncn1C1CC1. The van der Waals surface area contributed by atoms with Crippen LogP contribution in [0.2, 0.25) is 0 Å². The lowest BCUT2D eigenvalue weighted by atomic mass is 10.2. The topological polar surface area (TPSA) is 29.9 Å². The zero-order chi connectivity index (χ0) is 11.4. The molecule has 1 heterocycles. The maximum Gasteiger partial charge on any atom is 0.0950 e. The fourth-order valence-electron chi connectivity index (χ4n) is 2.03. The number of hydrogen-bond acceptors (Lipinski definition) is 2. The first-order valence-corrected chi connectivity index (χ1v) is 6.51. The van der Waals surface area contributed by atoms with Gasteiger partial charge in [-0.3, -0.25) is 0 Å². The summed E-state index contributed by atoms with van der Waals surface area (Å²) in [4.78, 5) is 4.26. The first-order chi connectivity index (χ1) is 7.77. The molecular formula is C13H23N3. The predicted octanol–water partition coefficient (Wildman–Crippen LogP) is 2.54. The van der Waals surface area contributed by atoms with Crippen LogP contribution in [-0.2, 0) is 6.42 Å². The molecule has 0 unspecified atom stereocenters. The Labute approximate surface area is 98.3 Å². The van der Waals surface area contributed by atoms with Gasteiger partial charge in [0.05, 0.1) is 6.33 Å². The molecule has 1 N–H and O–H groups in total. The third kappa shape index (κ3) is 3.34. The highest BCUT2D eigenvalue weighted by Gasteiger charge is 2.24. The quantitative estimate of drug-likeness (QED) is 0.717. The number of aryl methyl sites for hydroxylation is 1. The molecule has 0 amide bonds. The van der Waals surface area contributed by atoms with E-state index in [4.69, 9.17) is 0 Å². The summed E-state index contributed by atoms with van der Waals surface area (Å²) in [6.07, 6.45) is 10.4. The number of rotatable bonds is 7. The first-order valence-electron chi connectivity index (χ1n) is 6.51. The monoisotopic (exact) mass is 221 g/mol. The van der Waals surface area contributed by atoms with Crippen LogP contribution >= 0.6 is 0 Å².